The molecule has 4 rings (SSSR count). The summed E-state index contributed by atoms with van der Waals surface area (Å²) in [5.74, 6) is 0. The normalized spacial score (nSPS) is 11.7. The monoisotopic (exact) mass is 363 g/mol. The molecule has 5 nitrogen and oxygen atoms in total. The van der Waals surface area contributed by atoms with Crippen molar-refractivity contribution in [3.05, 3.63) is 78.8 Å². The number of fused-ring (bicyclic) bond motifs is 1. The van der Waals surface area contributed by atoms with E-state index < -0.39 is 9.84 Å². The van der Waals surface area contributed by atoms with Crippen molar-refractivity contribution in [1.29, 1.82) is 0 Å². The first kappa shape index (κ1) is 16.5. The van der Waals surface area contributed by atoms with Gasteiger partial charge in [0, 0.05) is 29.6 Å². The molecule has 0 unspecified atom stereocenters. The van der Waals surface area contributed by atoms with E-state index in [0.717, 1.165) is 28.0 Å². The fraction of sp³-hybridized carbons (Fsp3) is 0.100. The van der Waals surface area contributed by atoms with Gasteiger partial charge in [0.05, 0.1) is 22.8 Å². The zero-order valence-electron chi connectivity index (χ0n) is 14.2. The van der Waals surface area contributed by atoms with E-state index in [1.165, 1.54) is 6.26 Å². The summed E-state index contributed by atoms with van der Waals surface area (Å²) in [6, 6.07) is 18.7. The Balaban J connectivity index is 1.72. The van der Waals surface area contributed by atoms with Crippen LogP contribution >= 0.6 is 0 Å². The average Bonchev–Trinajstić information content (AvgIpc) is 3.04. The lowest BCUT2D eigenvalue weighted by Gasteiger charge is -2.07. The van der Waals surface area contributed by atoms with Gasteiger partial charge in [-0.3, -0.25) is 4.98 Å². The summed E-state index contributed by atoms with van der Waals surface area (Å²) < 4.78 is 25.3. The van der Waals surface area contributed by atoms with Crippen molar-refractivity contribution in [2.45, 2.75) is 11.4 Å². The molecule has 0 aliphatic heterocycles. The van der Waals surface area contributed by atoms with Crippen LogP contribution in [-0.4, -0.2) is 29.2 Å². The van der Waals surface area contributed by atoms with Crippen LogP contribution in [0, 0.1) is 0 Å². The molecule has 3 heterocycles. The Labute approximate surface area is 151 Å². The molecule has 0 aliphatic rings. The molecule has 0 saturated heterocycles. The molecule has 0 atom stereocenters. The SMILES string of the molecule is CS(=O)(=O)c1ccc(-c2ccc3ccn(Cc4ccccn4)c3n2)cc1. The zero-order valence-corrected chi connectivity index (χ0v) is 15.0. The topological polar surface area (TPSA) is 64.8 Å². The number of rotatable bonds is 4. The highest BCUT2D eigenvalue weighted by molar-refractivity contribution is 7.90. The van der Waals surface area contributed by atoms with E-state index in [0.29, 0.717) is 11.4 Å². The number of benzene rings is 1. The number of hydrogen-bond donors (Lipinski definition) is 0. The summed E-state index contributed by atoms with van der Waals surface area (Å²) in [6.07, 6.45) is 4.99. The highest BCUT2D eigenvalue weighted by Crippen LogP contribution is 2.23. The third-order valence-corrected chi connectivity index (χ3v) is 5.38. The standard InChI is InChI=1S/C20H17N3O2S/c1-26(24,25)18-8-5-15(6-9-18)19-10-7-16-11-13-23(20(16)22-19)14-17-4-2-3-12-21-17/h2-13H,14H2,1H3. The fourth-order valence-corrected chi connectivity index (χ4v) is 3.52. The molecule has 0 spiro atoms. The largest absolute Gasteiger partial charge is 0.326 e. The number of sulfone groups is 1. The second-order valence-corrected chi connectivity index (χ2v) is 8.19. The van der Waals surface area contributed by atoms with E-state index in [2.05, 4.69) is 9.55 Å². The van der Waals surface area contributed by atoms with Crippen molar-refractivity contribution in [1.82, 2.24) is 14.5 Å². The van der Waals surface area contributed by atoms with Crippen molar-refractivity contribution in [2.24, 2.45) is 0 Å². The maximum absolute atomic E-state index is 11.6. The molecule has 0 amide bonds. The maximum Gasteiger partial charge on any atom is 0.175 e. The first-order chi connectivity index (χ1) is 12.5. The second-order valence-electron chi connectivity index (χ2n) is 6.17. The highest BCUT2D eigenvalue weighted by Gasteiger charge is 2.09. The van der Waals surface area contributed by atoms with Crippen molar-refractivity contribution in [3.8, 4) is 11.3 Å². The van der Waals surface area contributed by atoms with Crippen LogP contribution in [-0.2, 0) is 16.4 Å². The van der Waals surface area contributed by atoms with Gasteiger partial charge in [-0.05, 0) is 42.5 Å². The summed E-state index contributed by atoms with van der Waals surface area (Å²) in [7, 11) is -3.20. The molecule has 130 valence electrons. The van der Waals surface area contributed by atoms with E-state index in [1.54, 1.807) is 30.5 Å². The fourth-order valence-electron chi connectivity index (χ4n) is 2.89. The smallest absolute Gasteiger partial charge is 0.175 e. The quantitative estimate of drug-likeness (QED) is 0.556. The average molecular weight is 363 g/mol. The van der Waals surface area contributed by atoms with Crippen LogP contribution in [0.3, 0.4) is 0 Å². The Morgan fingerprint density at radius 2 is 1.77 bits per heavy atom. The van der Waals surface area contributed by atoms with E-state index in [1.807, 2.05) is 42.6 Å². The summed E-state index contributed by atoms with van der Waals surface area (Å²) >= 11 is 0. The van der Waals surface area contributed by atoms with Crippen LogP contribution in [0.4, 0.5) is 0 Å². The molecule has 0 bridgehead atoms. The van der Waals surface area contributed by atoms with Gasteiger partial charge in [-0.1, -0.05) is 18.2 Å². The summed E-state index contributed by atoms with van der Waals surface area (Å²) in [5, 5.41) is 1.05. The Kier molecular flexibility index (Phi) is 4.05. The summed E-state index contributed by atoms with van der Waals surface area (Å²) in [4.78, 5) is 9.45. The van der Waals surface area contributed by atoms with Crippen LogP contribution in [0.2, 0.25) is 0 Å². The third-order valence-electron chi connectivity index (χ3n) is 4.25. The van der Waals surface area contributed by atoms with Gasteiger partial charge in [-0.15, -0.1) is 0 Å². The molecule has 0 saturated carbocycles. The lowest BCUT2D eigenvalue weighted by molar-refractivity contribution is 0.602. The minimum Gasteiger partial charge on any atom is -0.326 e. The molecule has 0 fully saturated rings. The molecule has 26 heavy (non-hydrogen) atoms. The van der Waals surface area contributed by atoms with Gasteiger partial charge in [0.1, 0.15) is 5.65 Å². The molecule has 0 radical (unpaired) electrons. The number of pyridine rings is 2. The van der Waals surface area contributed by atoms with Gasteiger partial charge < -0.3 is 4.57 Å². The lowest BCUT2D eigenvalue weighted by Crippen LogP contribution is -2.01. The molecular weight excluding hydrogens is 346 g/mol. The molecule has 1 aromatic carbocycles. The van der Waals surface area contributed by atoms with Crippen LogP contribution in [0.15, 0.2) is 78.0 Å². The molecule has 3 aromatic heterocycles. The van der Waals surface area contributed by atoms with Gasteiger partial charge in [0.25, 0.3) is 0 Å². The molecule has 6 heteroatoms. The van der Waals surface area contributed by atoms with Crippen molar-refractivity contribution in [3.63, 3.8) is 0 Å². The Bertz CT molecular complexity index is 1160. The van der Waals surface area contributed by atoms with Crippen LogP contribution in [0.1, 0.15) is 5.69 Å². The van der Waals surface area contributed by atoms with E-state index in [4.69, 9.17) is 4.98 Å². The predicted octanol–water partition coefficient (Wildman–Crippen LogP) is 3.55. The lowest BCUT2D eigenvalue weighted by atomic mass is 10.1. The van der Waals surface area contributed by atoms with E-state index >= 15 is 0 Å². The van der Waals surface area contributed by atoms with Gasteiger partial charge >= 0.3 is 0 Å². The van der Waals surface area contributed by atoms with Gasteiger partial charge in [0.2, 0.25) is 0 Å². The van der Waals surface area contributed by atoms with Crippen molar-refractivity contribution >= 4 is 20.9 Å². The first-order valence-electron chi connectivity index (χ1n) is 8.17. The van der Waals surface area contributed by atoms with Crippen molar-refractivity contribution < 1.29 is 8.42 Å². The second kappa shape index (κ2) is 6.38. The van der Waals surface area contributed by atoms with E-state index in [9.17, 15) is 8.42 Å². The molecular formula is C20H17N3O2S. The predicted molar refractivity (Wildman–Crippen MR) is 102 cm³/mol. The van der Waals surface area contributed by atoms with Crippen LogP contribution in [0.25, 0.3) is 22.3 Å². The van der Waals surface area contributed by atoms with Crippen molar-refractivity contribution in [2.75, 3.05) is 6.26 Å². The van der Waals surface area contributed by atoms with Crippen LogP contribution in [0.5, 0.6) is 0 Å². The molecule has 0 N–H and O–H groups in total. The Morgan fingerprint density at radius 1 is 0.962 bits per heavy atom. The zero-order chi connectivity index (χ0) is 18.1. The third kappa shape index (κ3) is 3.23. The minimum absolute atomic E-state index is 0.306. The molecule has 0 aliphatic carbocycles. The van der Waals surface area contributed by atoms with Crippen LogP contribution < -0.4 is 0 Å². The summed E-state index contributed by atoms with van der Waals surface area (Å²) in [5.41, 5.74) is 3.53. The van der Waals surface area contributed by atoms with Gasteiger partial charge in [-0.25, -0.2) is 13.4 Å². The maximum atomic E-state index is 11.6. The Hall–Kier alpha value is -2.99. The first-order valence-corrected chi connectivity index (χ1v) is 10.1. The summed E-state index contributed by atoms with van der Waals surface area (Å²) in [6.45, 7) is 0.647. The van der Waals surface area contributed by atoms with Gasteiger partial charge in [-0.2, -0.15) is 0 Å². The minimum atomic E-state index is -3.20. The van der Waals surface area contributed by atoms with E-state index in [-0.39, 0.29) is 0 Å². The molecule has 4 aromatic rings. The highest BCUT2D eigenvalue weighted by atomic mass is 32.2. The Morgan fingerprint density at radius 3 is 2.46 bits per heavy atom. The van der Waals surface area contributed by atoms with Gasteiger partial charge in [0.15, 0.2) is 9.84 Å². The number of aromatic nitrogens is 3. The number of hydrogen-bond acceptors (Lipinski definition) is 4. The number of nitrogens with zero attached hydrogens (tertiary/aromatic N) is 3.